The van der Waals surface area contributed by atoms with Crippen LogP contribution in [-0.4, -0.2) is 58.1 Å². The molecule has 3 rings (SSSR count). The van der Waals surface area contributed by atoms with Crippen molar-refractivity contribution in [2.24, 2.45) is 11.8 Å². The second kappa shape index (κ2) is 5.48. The van der Waals surface area contributed by atoms with Gasteiger partial charge in [-0.1, -0.05) is 5.16 Å². The van der Waals surface area contributed by atoms with Gasteiger partial charge in [0.05, 0.1) is 24.1 Å². The van der Waals surface area contributed by atoms with Crippen molar-refractivity contribution in [3.05, 3.63) is 17.5 Å². The minimum Gasteiger partial charge on any atom is -0.481 e. The lowest BCUT2D eigenvalue weighted by Crippen LogP contribution is -2.49. The highest BCUT2D eigenvalue weighted by Gasteiger charge is 2.49. The van der Waals surface area contributed by atoms with Crippen LogP contribution < -0.4 is 0 Å². The van der Waals surface area contributed by atoms with Crippen molar-refractivity contribution < 1.29 is 19.2 Å². The monoisotopic (exact) mass is 293 g/mol. The lowest BCUT2D eigenvalue weighted by atomic mass is 10.2. The first-order chi connectivity index (χ1) is 10.0. The molecule has 21 heavy (non-hydrogen) atoms. The van der Waals surface area contributed by atoms with Crippen LogP contribution in [0.3, 0.4) is 0 Å². The van der Waals surface area contributed by atoms with Gasteiger partial charge in [-0.3, -0.25) is 14.5 Å². The summed E-state index contributed by atoms with van der Waals surface area (Å²) in [7, 11) is 0. The third kappa shape index (κ3) is 3.07. The zero-order valence-electron chi connectivity index (χ0n) is 12.0. The van der Waals surface area contributed by atoms with Crippen LogP contribution in [0.25, 0.3) is 0 Å². The molecule has 2 atom stereocenters. The lowest BCUT2D eigenvalue weighted by molar-refractivity contribution is -0.142. The summed E-state index contributed by atoms with van der Waals surface area (Å²) in [6, 6.07) is 1.92. The standard InChI is InChI=1S/C14H19N3O4/c1-9-6-10(21-15-9)8-16-2-4-17(5-3-16)13(18)11-7-12(11)14(19)20/h6,11-12H,2-5,7-8H2,1H3,(H,19,20)/t11-,12+/m1/s1. The third-order valence-corrected chi connectivity index (χ3v) is 4.17. The molecule has 1 N–H and O–H groups in total. The number of aryl methyl sites for hydroxylation is 1. The highest BCUT2D eigenvalue weighted by atomic mass is 16.5. The van der Waals surface area contributed by atoms with Gasteiger partial charge in [0, 0.05) is 32.2 Å². The zero-order valence-corrected chi connectivity index (χ0v) is 12.0. The summed E-state index contributed by atoms with van der Waals surface area (Å²) in [6.45, 7) is 5.43. The van der Waals surface area contributed by atoms with E-state index in [2.05, 4.69) is 10.1 Å². The summed E-state index contributed by atoms with van der Waals surface area (Å²) < 4.78 is 5.19. The van der Waals surface area contributed by atoms with Crippen LogP contribution in [0.15, 0.2) is 10.6 Å². The molecule has 1 saturated carbocycles. The quantitative estimate of drug-likeness (QED) is 0.862. The first-order valence-corrected chi connectivity index (χ1v) is 7.20. The van der Waals surface area contributed by atoms with Crippen molar-refractivity contribution in [1.29, 1.82) is 0 Å². The van der Waals surface area contributed by atoms with Crippen molar-refractivity contribution in [2.45, 2.75) is 19.9 Å². The second-order valence-corrected chi connectivity index (χ2v) is 5.82. The normalized spacial score (nSPS) is 25.9. The summed E-state index contributed by atoms with van der Waals surface area (Å²) in [4.78, 5) is 27.0. The van der Waals surface area contributed by atoms with Gasteiger partial charge in [-0.2, -0.15) is 0 Å². The van der Waals surface area contributed by atoms with E-state index in [1.165, 1.54) is 0 Å². The molecule has 2 fully saturated rings. The Morgan fingerprint density at radius 3 is 2.57 bits per heavy atom. The highest BCUT2D eigenvalue weighted by molar-refractivity contribution is 5.89. The molecule has 7 nitrogen and oxygen atoms in total. The van der Waals surface area contributed by atoms with Gasteiger partial charge < -0.3 is 14.5 Å². The van der Waals surface area contributed by atoms with Gasteiger partial charge in [0.1, 0.15) is 0 Å². The van der Waals surface area contributed by atoms with Crippen LogP contribution in [-0.2, 0) is 16.1 Å². The van der Waals surface area contributed by atoms with Crippen LogP contribution in [0, 0.1) is 18.8 Å². The molecule has 2 heterocycles. The van der Waals surface area contributed by atoms with Crippen molar-refractivity contribution in [3.63, 3.8) is 0 Å². The number of rotatable bonds is 4. The second-order valence-electron chi connectivity index (χ2n) is 5.82. The molecule has 1 aromatic rings. The molecule has 7 heteroatoms. The fraction of sp³-hybridized carbons (Fsp3) is 0.643. The number of aromatic nitrogens is 1. The van der Waals surface area contributed by atoms with Gasteiger partial charge in [-0.05, 0) is 13.3 Å². The highest BCUT2D eigenvalue weighted by Crippen LogP contribution is 2.40. The maximum absolute atomic E-state index is 12.2. The fourth-order valence-electron chi connectivity index (χ4n) is 2.81. The van der Waals surface area contributed by atoms with E-state index < -0.39 is 11.9 Å². The maximum Gasteiger partial charge on any atom is 0.307 e. The Kier molecular flexibility index (Phi) is 3.67. The molecule has 2 aliphatic rings. The van der Waals surface area contributed by atoms with Gasteiger partial charge in [0.25, 0.3) is 0 Å². The summed E-state index contributed by atoms with van der Waals surface area (Å²) in [5.74, 6) is -0.788. The van der Waals surface area contributed by atoms with Gasteiger partial charge >= 0.3 is 5.97 Å². The summed E-state index contributed by atoms with van der Waals surface area (Å²) in [5.41, 5.74) is 0.868. The number of hydrogen-bond donors (Lipinski definition) is 1. The number of nitrogens with zero attached hydrogens (tertiary/aromatic N) is 3. The topological polar surface area (TPSA) is 86.9 Å². The van der Waals surface area contributed by atoms with E-state index in [1.54, 1.807) is 4.90 Å². The summed E-state index contributed by atoms with van der Waals surface area (Å²) in [6.07, 6.45) is 0.492. The Hall–Kier alpha value is -1.89. The van der Waals surface area contributed by atoms with Gasteiger partial charge in [0.15, 0.2) is 5.76 Å². The van der Waals surface area contributed by atoms with E-state index in [0.29, 0.717) is 26.1 Å². The molecule has 1 aromatic heterocycles. The minimum absolute atomic E-state index is 0.00226. The predicted octanol–water partition coefficient (Wildman–Crippen LogP) is 0.348. The number of aliphatic carboxylic acids is 1. The molecular weight excluding hydrogens is 274 g/mol. The van der Waals surface area contributed by atoms with Crippen LogP contribution in [0.5, 0.6) is 0 Å². The van der Waals surface area contributed by atoms with Crippen LogP contribution >= 0.6 is 0 Å². The lowest BCUT2D eigenvalue weighted by Gasteiger charge is -2.34. The van der Waals surface area contributed by atoms with E-state index in [0.717, 1.165) is 24.5 Å². The Morgan fingerprint density at radius 2 is 2.05 bits per heavy atom. The van der Waals surface area contributed by atoms with Crippen molar-refractivity contribution in [3.8, 4) is 0 Å². The number of carboxylic acid groups (broad SMARTS) is 1. The number of carboxylic acids is 1. The van der Waals surface area contributed by atoms with E-state index in [1.807, 2.05) is 13.0 Å². The molecule has 0 unspecified atom stereocenters. The molecule has 114 valence electrons. The number of carbonyl (C=O) groups excluding carboxylic acids is 1. The van der Waals surface area contributed by atoms with E-state index in [-0.39, 0.29) is 11.8 Å². The maximum atomic E-state index is 12.2. The van der Waals surface area contributed by atoms with E-state index in [4.69, 9.17) is 9.63 Å². The predicted molar refractivity (Wildman–Crippen MR) is 72.3 cm³/mol. The molecule has 1 saturated heterocycles. The van der Waals surface area contributed by atoms with E-state index in [9.17, 15) is 9.59 Å². The van der Waals surface area contributed by atoms with Crippen molar-refractivity contribution in [1.82, 2.24) is 15.0 Å². The number of piperazine rings is 1. The number of amides is 1. The molecule has 1 amide bonds. The largest absolute Gasteiger partial charge is 0.481 e. The van der Waals surface area contributed by atoms with Gasteiger partial charge in [-0.25, -0.2) is 0 Å². The fourth-order valence-corrected chi connectivity index (χ4v) is 2.81. The summed E-state index contributed by atoms with van der Waals surface area (Å²) in [5, 5.41) is 12.7. The van der Waals surface area contributed by atoms with Crippen LogP contribution in [0.2, 0.25) is 0 Å². The number of hydrogen-bond acceptors (Lipinski definition) is 5. The van der Waals surface area contributed by atoms with Gasteiger partial charge in [0.2, 0.25) is 5.91 Å². The average molecular weight is 293 g/mol. The Labute approximate surface area is 122 Å². The summed E-state index contributed by atoms with van der Waals surface area (Å²) >= 11 is 0. The molecule has 1 aliphatic heterocycles. The minimum atomic E-state index is -0.854. The number of carbonyl (C=O) groups is 2. The third-order valence-electron chi connectivity index (χ3n) is 4.17. The molecule has 0 bridgehead atoms. The Bertz CT molecular complexity index is 548. The van der Waals surface area contributed by atoms with Crippen molar-refractivity contribution >= 4 is 11.9 Å². The molecule has 0 radical (unpaired) electrons. The van der Waals surface area contributed by atoms with Crippen LogP contribution in [0.1, 0.15) is 17.9 Å². The van der Waals surface area contributed by atoms with Crippen molar-refractivity contribution in [2.75, 3.05) is 26.2 Å². The first-order valence-electron chi connectivity index (χ1n) is 7.20. The molecule has 1 aliphatic carbocycles. The molecule has 0 aromatic carbocycles. The Morgan fingerprint density at radius 1 is 1.33 bits per heavy atom. The SMILES string of the molecule is Cc1cc(CN2CCN(C(=O)[C@@H]3C[C@@H]3C(=O)O)CC2)on1. The van der Waals surface area contributed by atoms with Crippen LogP contribution in [0.4, 0.5) is 0 Å². The smallest absolute Gasteiger partial charge is 0.307 e. The zero-order chi connectivity index (χ0) is 15.0. The molecule has 0 spiro atoms. The molecular formula is C14H19N3O4. The average Bonchev–Trinajstić information content (AvgIpc) is 3.17. The Balaban J connectivity index is 1.47. The van der Waals surface area contributed by atoms with Gasteiger partial charge in [-0.15, -0.1) is 0 Å². The first kappa shape index (κ1) is 14.1. The van der Waals surface area contributed by atoms with E-state index >= 15 is 0 Å².